The van der Waals surface area contributed by atoms with E-state index < -0.39 is 10.0 Å². The zero-order chi connectivity index (χ0) is 12.3. The number of thiazole rings is 1. The highest BCUT2D eigenvalue weighted by molar-refractivity contribution is 7.91. The summed E-state index contributed by atoms with van der Waals surface area (Å²) in [4.78, 5) is 11.3. The van der Waals surface area contributed by atoms with Crippen LogP contribution in [0.15, 0.2) is 29.0 Å². The molecule has 0 aliphatic rings. The zero-order valence-electron chi connectivity index (χ0n) is 8.37. The fourth-order valence-electron chi connectivity index (χ4n) is 1.03. The highest BCUT2D eigenvalue weighted by Gasteiger charge is 2.17. The van der Waals surface area contributed by atoms with Crippen molar-refractivity contribution >= 4 is 33.0 Å². The van der Waals surface area contributed by atoms with Gasteiger partial charge in [-0.05, 0) is 6.07 Å². The van der Waals surface area contributed by atoms with E-state index in [1.54, 1.807) is 12.3 Å². The first-order valence-corrected chi connectivity index (χ1v) is 7.11. The molecule has 0 spiro atoms. The molecule has 0 unspecified atom stereocenters. The van der Waals surface area contributed by atoms with Crippen LogP contribution >= 0.6 is 22.9 Å². The lowest BCUT2D eigenvalue weighted by atomic mass is 10.4. The van der Waals surface area contributed by atoms with Crippen molar-refractivity contribution in [2.75, 3.05) is 0 Å². The summed E-state index contributed by atoms with van der Waals surface area (Å²) in [7, 11) is -3.58. The first-order chi connectivity index (χ1) is 8.08. The van der Waals surface area contributed by atoms with Crippen LogP contribution in [0.1, 0.15) is 5.69 Å². The maximum atomic E-state index is 11.8. The average molecular weight is 291 g/mol. The molecule has 0 atom stereocenters. The Balaban J connectivity index is 2.09. The lowest BCUT2D eigenvalue weighted by Gasteiger charge is -2.02. The van der Waals surface area contributed by atoms with E-state index in [-0.39, 0.29) is 15.2 Å². The van der Waals surface area contributed by atoms with Gasteiger partial charge in [-0.3, -0.25) is 0 Å². The van der Waals surface area contributed by atoms with Crippen molar-refractivity contribution in [3.8, 4) is 0 Å². The minimum absolute atomic E-state index is 0.0801. The van der Waals surface area contributed by atoms with E-state index in [1.807, 2.05) is 0 Å². The van der Waals surface area contributed by atoms with Gasteiger partial charge in [0.25, 0.3) is 10.0 Å². The van der Waals surface area contributed by atoms with Crippen molar-refractivity contribution in [2.24, 2.45) is 0 Å². The van der Waals surface area contributed by atoms with Crippen LogP contribution in [-0.2, 0) is 16.6 Å². The van der Waals surface area contributed by atoms with Crippen molar-refractivity contribution in [3.05, 3.63) is 34.9 Å². The number of nitrogens with zero attached hydrogens (tertiary/aromatic N) is 3. The third kappa shape index (κ3) is 3.19. The fraction of sp³-hybridized carbons (Fsp3) is 0.125. The summed E-state index contributed by atoms with van der Waals surface area (Å²) in [5.41, 5.74) is 0.583. The molecule has 6 nitrogen and oxygen atoms in total. The third-order valence-electron chi connectivity index (χ3n) is 1.81. The number of hydrogen-bond acceptors (Lipinski definition) is 6. The van der Waals surface area contributed by atoms with Gasteiger partial charge in [0.1, 0.15) is 6.33 Å². The Morgan fingerprint density at radius 2 is 2.24 bits per heavy atom. The Kier molecular flexibility index (Phi) is 3.67. The van der Waals surface area contributed by atoms with Crippen LogP contribution in [0.2, 0.25) is 4.47 Å². The summed E-state index contributed by atoms with van der Waals surface area (Å²) in [6.45, 7) is 0.0976. The molecule has 90 valence electrons. The smallest absolute Gasteiger partial charge is 0.245 e. The van der Waals surface area contributed by atoms with E-state index in [0.29, 0.717) is 5.69 Å². The SMILES string of the molecule is O=S(=O)(NCc1ccncn1)c1cnc(Cl)s1. The molecule has 0 fully saturated rings. The number of hydrogen-bond donors (Lipinski definition) is 1. The summed E-state index contributed by atoms with van der Waals surface area (Å²) >= 11 is 6.48. The molecule has 0 aromatic carbocycles. The number of halogens is 1. The molecular formula is C8H7ClN4O2S2. The second-order valence-electron chi connectivity index (χ2n) is 2.96. The number of sulfonamides is 1. The summed E-state index contributed by atoms with van der Waals surface area (Å²) in [6, 6.07) is 1.63. The molecule has 0 aliphatic carbocycles. The number of aromatic nitrogens is 3. The van der Waals surface area contributed by atoms with E-state index in [4.69, 9.17) is 11.6 Å². The molecule has 2 rings (SSSR count). The second-order valence-corrected chi connectivity index (χ2v) is 6.56. The molecule has 0 saturated carbocycles. The standard InChI is InChI=1S/C8H7ClN4O2S2/c9-8-11-4-7(16-8)17(14,15)13-3-6-1-2-10-5-12-6/h1-2,4-5,13H,3H2. The largest absolute Gasteiger partial charge is 0.252 e. The molecule has 0 saturated heterocycles. The molecule has 1 N–H and O–H groups in total. The van der Waals surface area contributed by atoms with E-state index in [0.717, 1.165) is 11.3 Å². The minimum Gasteiger partial charge on any atom is -0.245 e. The lowest BCUT2D eigenvalue weighted by molar-refractivity contribution is 0.582. The van der Waals surface area contributed by atoms with Gasteiger partial charge in [0.15, 0.2) is 8.68 Å². The van der Waals surface area contributed by atoms with Gasteiger partial charge >= 0.3 is 0 Å². The van der Waals surface area contributed by atoms with Crippen molar-refractivity contribution in [2.45, 2.75) is 10.8 Å². The van der Waals surface area contributed by atoms with Crippen LogP contribution in [0.5, 0.6) is 0 Å². The van der Waals surface area contributed by atoms with Gasteiger partial charge in [-0.15, -0.1) is 0 Å². The Morgan fingerprint density at radius 1 is 1.41 bits per heavy atom. The molecule has 0 amide bonds. The van der Waals surface area contributed by atoms with Gasteiger partial charge < -0.3 is 0 Å². The van der Waals surface area contributed by atoms with E-state index in [2.05, 4.69) is 19.7 Å². The van der Waals surface area contributed by atoms with Gasteiger partial charge in [0.2, 0.25) is 0 Å². The molecule has 0 radical (unpaired) electrons. The lowest BCUT2D eigenvalue weighted by Crippen LogP contribution is -2.22. The zero-order valence-corrected chi connectivity index (χ0v) is 10.8. The van der Waals surface area contributed by atoms with Crippen molar-refractivity contribution in [3.63, 3.8) is 0 Å². The predicted molar refractivity (Wildman–Crippen MR) is 63.2 cm³/mol. The predicted octanol–water partition coefficient (Wildman–Crippen LogP) is 1.06. The van der Waals surface area contributed by atoms with Crippen LogP contribution in [0.4, 0.5) is 0 Å². The highest BCUT2D eigenvalue weighted by Crippen LogP contribution is 2.22. The van der Waals surface area contributed by atoms with Crippen molar-refractivity contribution in [1.82, 2.24) is 19.7 Å². The summed E-state index contributed by atoms with van der Waals surface area (Å²) in [5.74, 6) is 0. The Bertz CT molecular complexity index is 599. The number of rotatable bonds is 4. The second kappa shape index (κ2) is 5.05. The Hall–Kier alpha value is -1.09. The van der Waals surface area contributed by atoms with Crippen molar-refractivity contribution < 1.29 is 8.42 Å². The quantitative estimate of drug-likeness (QED) is 0.910. The van der Waals surface area contributed by atoms with E-state index >= 15 is 0 Å². The van der Waals surface area contributed by atoms with Gasteiger partial charge in [0, 0.05) is 6.20 Å². The van der Waals surface area contributed by atoms with Crippen LogP contribution in [0.25, 0.3) is 0 Å². The molecule has 2 aromatic heterocycles. The maximum absolute atomic E-state index is 11.8. The average Bonchev–Trinajstić information content (AvgIpc) is 2.76. The van der Waals surface area contributed by atoms with Crippen LogP contribution in [0.3, 0.4) is 0 Å². The van der Waals surface area contributed by atoms with E-state index in [1.165, 1.54) is 12.5 Å². The molecular weight excluding hydrogens is 284 g/mol. The van der Waals surface area contributed by atoms with Gasteiger partial charge in [-0.1, -0.05) is 22.9 Å². The van der Waals surface area contributed by atoms with Crippen LogP contribution < -0.4 is 4.72 Å². The first-order valence-electron chi connectivity index (χ1n) is 4.44. The molecule has 2 aromatic rings. The molecule has 0 aliphatic heterocycles. The summed E-state index contributed by atoms with van der Waals surface area (Å²) < 4.78 is 26.2. The third-order valence-corrected chi connectivity index (χ3v) is 4.78. The summed E-state index contributed by atoms with van der Waals surface area (Å²) in [5, 5.41) is 0. The fourth-order valence-corrected chi connectivity index (χ4v) is 3.36. The topological polar surface area (TPSA) is 84.8 Å². The van der Waals surface area contributed by atoms with Crippen LogP contribution in [-0.4, -0.2) is 23.4 Å². The Morgan fingerprint density at radius 3 is 2.82 bits per heavy atom. The van der Waals surface area contributed by atoms with Crippen LogP contribution in [0, 0.1) is 0 Å². The van der Waals surface area contributed by atoms with Gasteiger partial charge in [-0.2, -0.15) is 0 Å². The molecule has 17 heavy (non-hydrogen) atoms. The minimum atomic E-state index is -3.58. The first kappa shape index (κ1) is 12.4. The van der Waals surface area contributed by atoms with Crippen molar-refractivity contribution in [1.29, 1.82) is 0 Å². The monoisotopic (exact) mass is 290 g/mol. The summed E-state index contributed by atoms with van der Waals surface area (Å²) in [6.07, 6.45) is 4.11. The maximum Gasteiger partial charge on any atom is 0.252 e. The normalized spacial score (nSPS) is 11.6. The molecule has 2 heterocycles. The molecule has 9 heteroatoms. The van der Waals surface area contributed by atoms with Gasteiger partial charge in [0.05, 0.1) is 18.4 Å². The Labute approximate surface area is 107 Å². The highest BCUT2D eigenvalue weighted by atomic mass is 35.5. The molecule has 0 bridgehead atoms. The van der Waals surface area contributed by atoms with Gasteiger partial charge in [-0.25, -0.2) is 28.1 Å². The number of nitrogens with one attached hydrogen (secondary N) is 1. The van der Waals surface area contributed by atoms with E-state index in [9.17, 15) is 8.42 Å².